The number of rotatable bonds is 6. The highest BCUT2D eigenvalue weighted by Gasteiger charge is 2.06. The lowest BCUT2D eigenvalue weighted by Gasteiger charge is -2.07. The maximum absolute atomic E-state index is 12.2. The molecule has 0 saturated heterocycles. The first-order valence-corrected chi connectivity index (χ1v) is 8.02. The summed E-state index contributed by atoms with van der Waals surface area (Å²) in [6.07, 6.45) is 7.23. The van der Waals surface area contributed by atoms with Crippen molar-refractivity contribution in [3.63, 3.8) is 0 Å². The molecule has 6 nitrogen and oxygen atoms in total. The molecule has 2 aromatic heterocycles. The van der Waals surface area contributed by atoms with Crippen molar-refractivity contribution in [1.29, 1.82) is 0 Å². The Morgan fingerprint density at radius 3 is 2.87 bits per heavy atom. The Labute approximate surface area is 142 Å². The van der Waals surface area contributed by atoms with Gasteiger partial charge >= 0.3 is 0 Å². The first-order valence-electron chi connectivity index (χ1n) is 7.23. The lowest BCUT2D eigenvalue weighted by atomic mass is 10.1. The second kappa shape index (κ2) is 7.23. The number of amides is 1. The van der Waals surface area contributed by atoms with Gasteiger partial charge in [0.2, 0.25) is 0 Å². The van der Waals surface area contributed by atoms with Crippen LogP contribution in [0, 0.1) is 0 Å². The molecule has 1 aromatic carbocycles. The number of hydrogen-bond acceptors (Lipinski definition) is 3. The first-order chi connectivity index (χ1) is 11.2. The van der Waals surface area contributed by atoms with Gasteiger partial charge in [-0.25, -0.2) is 0 Å². The molecule has 0 aliphatic rings. The van der Waals surface area contributed by atoms with Crippen molar-refractivity contribution in [2.45, 2.75) is 13.1 Å². The topological polar surface area (TPSA) is 64.7 Å². The van der Waals surface area contributed by atoms with Gasteiger partial charge in [0.15, 0.2) is 0 Å². The zero-order valence-corrected chi connectivity index (χ0v) is 14.0. The monoisotopic (exact) mass is 373 g/mol. The summed E-state index contributed by atoms with van der Waals surface area (Å²) in [5.74, 6) is -0.0847. The van der Waals surface area contributed by atoms with E-state index in [1.54, 1.807) is 17.1 Å². The molecular formula is C16H16BrN5O. The second-order valence-electron chi connectivity index (χ2n) is 5.08. The Morgan fingerprint density at radius 1 is 1.22 bits per heavy atom. The standard InChI is InChI=1S/C16H16BrN5O/c17-15-10-20-22(12-15)8-6-18-16(23)14-4-1-3-13(9-14)11-21-7-2-5-19-21/h1-5,7,9-10,12H,6,8,11H2,(H,18,23). The summed E-state index contributed by atoms with van der Waals surface area (Å²) in [5, 5.41) is 11.2. The summed E-state index contributed by atoms with van der Waals surface area (Å²) in [6, 6.07) is 9.45. The first kappa shape index (κ1) is 15.5. The molecule has 0 bridgehead atoms. The molecule has 7 heteroatoms. The lowest BCUT2D eigenvalue weighted by Crippen LogP contribution is -2.27. The molecule has 118 valence electrons. The lowest BCUT2D eigenvalue weighted by molar-refractivity contribution is 0.0952. The van der Waals surface area contributed by atoms with E-state index in [9.17, 15) is 4.79 Å². The Morgan fingerprint density at radius 2 is 2.13 bits per heavy atom. The minimum atomic E-state index is -0.0847. The fourth-order valence-electron chi connectivity index (χ4n) is 2.24. The third-order valence-electron chi connectivity index (χ3n) is 3.32. The fraction of sp³-hybridized carbons (Fsp3) is 0.188. The highest BCUT2D eigenvalue weighted by Crippen LogP contribution is 2.08. The number of nitrogens with zero attached hydrogens (tertiary/aromatic N) is 4. The maximum Gasteiger partial charge on any atom is 0.251 e. The quantitative estimate of drug-likeness (QED) is 0.720. The smallest absolute Gasteiger partial charge is 0.251 e. The minimum absolute atomic E-state index is 0.0847. The molecule has 3 rings (SSSR count). The average molecular weight is 374 g/mol. The van der Waals surface area contributed by atoms with Gasteiger partial charge in [-0.3, -0.25) is 14.2 Å². The molecule has 1 N–H and O–H groups in total. The molecule has 0 aliphatic carbocycles. The number of carbonyl (C=O) groups excluding carboxylic acids is 1. The van der Waals surface area contributed by atoms with Crippen molar-refractivity contribution in [2.24, 2.45) is 0 Å². The van der Waals surface area contributed by atoms with Gasteiger partial charge in [0.1, 0.15) is 0 Å². The zero-order valence-electron chi connectivity index (χ0n) is 12.4. The van der Waals surface area contributed by atoms with Crippen molar-refractivity contribution in [1.82, 2.24) is 24.9 Å². The summed E-state index contributed by atoms with van der Waals surface area (Å²) in [6.45, 7) is 1.80. The predicted octanol–water partition coefficient (Wildman–Crippen LogP) is 2.32. The van der Waals surface area contributed by atoms with Crippen LogP contribution in [0.3, 0.4) is 0 Å². The SMILES string of the molecule is O=C(NCCn1cc(Br)cn1)c1cccc(Cn2cccn2)c1. The van der Waals surface area contributed by atoms with E-state index in [2.05, 4.69) is 31.4 Å². The molecule has 23 heavy (non-hydrogen) atoms. The van der Waals surface area contributed by atoms with Gasteiger partial charge in [-0.15, -0.1) is 0 Å². The molecule has 3 aromatic rings. The minimum Gasteiger partial charge on any atom is -0.350 e. The van der Waals surface area contributed by atoms with Gasteiger partial charge in [0.05, 0.1) is 23.8 Å². The van der Waals surface area contributed by atoms with Crippen molar-refractivity contribution >= 4 is 21.8 Å². The molecule has 0 unspecified atom stereocenters. The van der Waals surface area contributed by atoms with Crippen LogP contribution in [0.1, 0.15) is 15.9 Å². The Hall–Kier alpha value is -2.41. The third-order valence-corrected chi connectivity index (χ3v) is 3.73. The number of carbonyl (C=O) groups is 1. The molecule has 0 spiro atoms. The molecule has 0 atom stereocenters. The Kier molecular flexibility index (Phi) is 4.87. The van der Waals surface area contributed by atoms with Gasteiger partial charge < -0.3 is 5.32 Å². The van der Waals surface area contributed by atoms with Crippen LogP contribution >= 0.6 is 15.9 Å². The second-order valence-corrected chi connectivity index (χ2v) is 6.00. The average Bonchev–Trinajstić information content (AvgIpc) is 3.19. The van der Waals surface area contributed by atoms with Crippen LogP contribution in [0.25, 0.3) is 0 Å². The number of nitrogens with one attached hydrogen (secondary N) is 1. The van der Waals surface area contributed by atoms with Gasteiger partial charge in [-0.05, 0) is 39.7 Å². The largest absolute Gasteiger partial charge is 0.350 e. The van der Waals surface area contributed by atoms with Crippen LogP contribution in [0.5, 0.6) is 0 Å². The van der Waals surface area contributed by atoms with Crippen LogP contribution < -0.4 is 5.32 Å². The van der Waals surface area contributed by atoms with E-state index < -0.39 is 0 Å². The summed E-state index contributed by atoms with van der Waals surface area (Å²) in [4.78, 5) is 12.2. The van der Waals surface area contributed by atoms with E-state index in [0.717, 1.165) is 10.0 Å². The number of benzene rings is 1. The molecule has 2 heterocycles. The zero-order chi connectivity index (χ0) is 16.1. The summed E-state index contributed by atoms with van der Waals surface area (Å²) >= 11 is 3.34. The van der Waals surface area contributed by atoms with Crippen LogP contribution in [-0.2, 0) is 13.1 Å². The maximum atomic E-state index is 12.2. The van der Waals surface area contributed by atoms with E-state index in [-0.39, 0.29) is 5.91 Å². The van der Waals surface area contributed by atoms with E-state index in [0.29, 0.717) is 25.2 Å². The highest BCUT2D eigenvalue weighted by molar-refractivity contribution is 9.10. The van der Waals surface area contributed by atoms with Gasteiger partial charge in [0.25, 0.3) is 5.91 Å². The van der Waals surface area contributed by atoms with Gasteiger partial charge in [0, 0.05) is 30.7 Å². The van der Waals surface area contributed by atoms with Crippen LogP contribution in [0.4, 0.5) is 0 Å². The van der Waals surface area contributed by atoms with Gasteiger partial charge in [-0.1, -0.05) is 12.1 Å². The van der Waals surface area contributed by atoms with Crippen LogP contribution in [-0.4, -0.2) is 32.0 Å². The number of aromatic nitrogens is 4. The predicted molar refractivity (Wildman–Crippen MR) is 90.0 cm³/mol. The fourth-order valence-corrected chi connectivity index (χ4v) is 2.57. The van der Waals surface area contributed by atoms with E-state index in [1.807, 2.05) is 47.4 Å². The molecule has 0 aliphatic heterocycles. The normalized spacial score (nSPS) is 10.7. The molecule has 0 saturated carbocycles. The summed E-state index contributed by atoms with van der Waals surface area (Å²) < 4.78 is 4.53. The van der Waals surface area contributed by atoms with Crippen molar-refractivity contribution in [3.05, 3.63) is 70.7 Å². The van der Waals surface area contributed by atoms with Crippen molar-refractivity contribution in [3.8, 4) is 0 Å². The number of hydrogen-bond donors (Lipinski definition) is 1. The molecular weight excluding hydrogens is 358 g/mol. The highest BCUT2D eigenvalue weighted by atomic mass is 79.9. The van der Waals surface area contributed by atoms with E-state index in [4.69, 9.17) is 0 Å². The van der Waals surface area contributed by atoms with Crippen LogP contribution in [0.2, 0.25) is 0 Å². The van der Waals surface area contributed by atoms with E-state index in [1.165, 1.54) is 0 Å². The third kappa shape index (κ3) is 4.29. The van der Waals surface area contributed by atoms with E-state index >= 15 is 0 Å². The molecule has 0 radical (unpaired) electrons. The van der Waals surface area contributed by atoms with Gasteiger partial charge in [-0.2, -0.15) is 10.2 Å². The van der Waals surface area contributed by atoms with Crippen LogP contribution in [0.15, 0.2) is 59.6 Å². The summed E-state index contributed by atoms with van der Waals surface area (Å²) in [7, 11) is 0. The molecule has 1 amide bonds. The Balaban J connectivity index is 1.56. The summed E-state index contributed by atoms with van der Waals surface area (Å²) in [5.41, 5.74) is 1.69. The van der Waals surface area contributed by atoms with Crippen molar-refractivity contribution < 1.29 is 4.79 Å². The molecule has 0 fully saturated rings. The Bertz CT molecular complexity index is 781. The van der Waals surface area contributed by atoms with Crippen molar-refractivity contribution in [2.75, 3.05) is 6.54 Å². The number of halogens is 1.